The molecule has 0 unspecified atom stereocenters. The standard InChI is InChI=1S/C14H20BrN3O2/c1-17-9-12(20-3)6-11(17)8-18(2)14(19)13-5-4-10(15)7-16-13/h4-5,7,11-12H,6,8-9H2,1-3H3/t11-,12-/m0/s1. The molecule has 1 aromatic rings. The second-order valence-electron chi connectivity index (χ2n) is 5.23. The lowest BCUT2D eigenvalue weighted by Gasteiger charge is -2.25. The van der Waals surface area contributed by atoms with Gasteiger partial charge in [-0.3, -0.25) is 9.69 Å². The number of likely N-dealkylation sites (N-methyl/N-ethyl adjacent to an activating group) is 2. The summed E-state index contributed by atoms with van der Waals surface area (Å²) >= 11 is 3.32. The second kappa shape index (κ2) is 6.65. The lowest BCUT2D eigenvalue weighted by Crippen LogP contribution is -2.39. The fourth-order valence-corrected chi connectivity index (χ4v) is 2.74. The van der Waals surface area contributed by atoms with Gasteiger partial charge in [-0.2, -0.15) is 0 Å². The van der Waals surface area contributed by atoms with Gasteiger partial charge in [-0.05, 0) is 41.5 Å². The van der Waals surface area contributed by atoms with E-state index in [0.717, 1.165) is 17.4 Å². The molecule has 0 spiro atoms. The first-order valence-electron chi connectivity index (χ1n) is 6.61. The van der Waals surface area contributed by atoms with Gasteiger partial charge in [-0.15, -0.1) is 0 Å². The summed E-state index contributed by atoms with van der Waals surface area (Å²) in [7, 11) is 5.63. The minimum Gasteiger partial charge on any atom is -0.380 e. The molecule has 20 heavy (non-hydrogen) atoms. The number of amides is 1. The van der Waals surface area contributed by atoms with Crippen molar-refractivity contribution in [3.8, 4) is 0 Å². The molecular weight excluding hydrogens is 322 g/mol. The summed E-state index contributed by atoms with van der Waals surface area (Å²) in [6.45, 7) is 1.60. The number of ether oxygens (including phenoxy) is 1. The zero-order valence-electron chi connectivity index (χ0n) is 12.0. The van der Waals surface area contributed by atoms with Crippen molar-refractivity contribution >= 4 is 21.8 Å². The van der Waals surface area contributed by atoms with Crippen molar-refractivity contribution in [2.24, 2.45) is 0 Å². The Bertz CT molecular complexity index is 466. The Kier molecular flexibility index (Phi) is 5.12. The van der Waals surface area contributed by atoms with Crippen LogP contribution in [0.15, 0.2) is 22.8 Å². The summed E-state index contributed by atoms with van der Waals surface area (Å²) in [5.74, 6) is -0.0493. The fraction of sp³-hybridized carbons (Fsp3) is 0.571. The number of hydrogen-bond acceptors (Lipinski definition) is 4. The molecule has 0 aliphatic carbocycles. The van der Waals surface area contributed by atoms with Gasteiger partial charge in [0.2, 0.25) is 0 Å². The fourth-order valence-electron chi connectivity index (χ4n) is 2.51. The molecule has 2 rings (SSSR count). The number of halogens is 1. The molecule has 110 valence electrons. The molecule has 1 aliphatic heterocycles. The molecule has 1 saturated heterocycles. The maximum Gasteiger partial charge on any atom is 0.272 e. The number of carbonyl (C=O) groups excluding carboxylic acids is 1. The number of nitrogens with zero attached hydrogens (tertiary/aromatic N) is 3. The second-order valence-corrected chi connectivity index (χ2v) is 6.15. The van der Waals surface area contributed by atoms with Crippen LogP contribution in [0.25, 0.3) is 0 Å². The molecule has 1 fully saturated rings. The van der Waals surface area contributed by atoms with Crippen LogP contribution in [0.5, 0.6) is 0 Å². The van der Waals surface area contributed by atoms with Gasteiger partial charge >= 0.3 is 0 Å². The molecule has 1 amide bonds. The molecular formula is C14H20BrN3O2. The lowest BCUT2D eigenvalue weighted by atomic mass is 10.2. The summed E-state index contributed by atoms with van der Waals surface area (Å²) in [4.78, 5) is 20.4. The predicted molar refractivity (Wildman–Crippen MR) is 80.7 cm³/mol. The van der Waals surface area contributed by atoms with Crippen LogP contribution < -0.4 is 0 Å². The van der Waals surface area contributed by atoms with Crippen molar-refractivity contribution in [1.29, 1.82) is 0 Å². The van der Waals surface area contributed by atoms with Crippen LogP contribution in [-0.2, 0) is 4.74 Å². The summed E-state index contributed by atoms with van der Waals surface area (Å²) in [5.41, 5.74) is 0.472. The number of hydrogen-bond donors (Lipinski definition) is 0. The summed E-state index contributed by atoms with van der Waals surface area (Å²) in [6, 6.07) is 3.90. The SMILES string of the molecule is CO[C@H]1C[C@@H](CN(C)C(=O)c2ccc(Br)cn2)N(C)C1. The van der Waals surface area contributed by atoms with E-state index in [1.165, 1.54) is 0 Å². The van der Waals surface area contributed by atoms with Gasteiger partial charge < -0.3 is 9.64 Å². The topological polar surface area (TPSA) is 45.7 Å². The highest BCUT2D eigenvalue weighted by Crippen LogP contribution is 2.19. The van der Waals surface area contributed by atoms with Crippen molar-refractivity contribution < 1.29 is 9.53 Å². The third-order valence-electron chi connectivity index (χ3n) is 3.76. The molecule has 2 heterocycles. The maximum absolute atomic E-state index is 12.3. The van der Waals surface area contributed by atoms with E-state index in [2.05, 4.69) is 32.9 Å². The Morgan fingerprint density at radius 1 is 1.60 bits per heavy atom. The van der Waals surface area contributed by atoms with Crippen LogP contribution >= 0.6 is 15.9 Å². The maximum atomic E-state index is 12.3. The molecule has 2 atom stereocenters. The Balaban J connectivity index is 1.96. The Hall–Kier alpha value is -0.980. The Labute approximate surface area is 128 Å². The molecule has 0 radical (unpaired) electrons. The van der Waals surface area contributed by atoms with Gasteiger partial charge in [0, 0.05) is 44.0 Å². The number of pyridine rings is 1. The zero-order valence-corrected chi connectivity index (χ0v) is 13.6. The van der Waals surface area contributed by atoms with Crippen LogP contribution in [0.3, 0.4) is 0 Å². The highest BCUT2D eigenvalue weighted by molar-refractivity contribution is 9.10. The Morgan fingerprint density at radius 2 is 2.35 bits per heavy atom. The highest BCUT2D eigenvalue weighted by Gasteiger charge is 2.31. The number of likely N-dealkylation sites (tertiary alicyclic amines) is 1. The lowest BCUT2D eigenvalue weighted by molar-refractivity contribution is 0.0754. The minimum absolute atomic E-state index is 0.0493. The third kappa shape index (κ3) is 3.56. The van der Waals surface area contributed by atoms with E-state index < -0.39 is 0 Å². The van der Waals surface area contributed by atoms with E-state index in [1.807, 2.05) is 13.1 Å². The molecule has 0 bridgehead atoms. The van der Waals surface area contributed by atoms with E-state index in [-0.39, 0.29) is 12.0 Å². The van der Waals surface area contributed by atoms with Crippen LogP contribution in [-0.4, -0.2) is 67.1 Å². The number of aromatic nitrogens is 1. The molecule has 1 aliphatic rings. The zero-order chi connectivity index (χ0) is 14.7. The number of carbonyl (C=O) groups is 1. The van der Waals surface area contributed by atoms with Crippen molar-refractivity contribution in [2.75, 3.05) is 34.3 Å². The van der Waals surface area contributed by atoms with Crippen LogP contribution in [0.4, 0.5) is 0 Å². The highest BCUT2D eigenvalue weighted by atomic mass is 79.9. The largest absolute Gasteiger partial charge is 0.380 e. The molecule has 6 heteroatoms. The first-order chi connectivity index (χ1) is 9.51. The van der Waals surface area contributed by atoms with Crippen molar-refractivity contribution in [3.05, 3.63) is 28.5 Å². The first kappa shape index (κ1) is 15.4. The van der Waals surface area contributed by atoms with Gasteiger partial charge in [0.25, 0.3) is 5.91 Å². The van der Waals surface area contributed by atoms with Gasteiger partial charge in [0.15, 0.2) is 0 Å². The van der Waals surface area contributed by atoms with E-state index in [4.69, 9.17) is 4.74 Å². The smallest absolute Gasteiger partial charge is 0.272 e. The monoisotopic (exact) mass is 341 g/mol. The summed E-state index contributed by atoms with van der Waals surface area (Å²) in [6.07, 6.45) is 2.86. The van der Waals surface area contributed by atoms with Gasteiger partial charge in [0.1, 0.15) is 5.69 Å². The predicted octanol–water partition coefficient (Wildman–Crippen LogP) is 1.64. The average Bonchev–Trinajstić information content (AvgIpc) is 2.79. The molecule has 0 aromatic carbocycles. The van der Waals surface area contributed by atoms with Crippen LogP contribution in [0.2, 0.25) is 0 Å². The molecule has 0 saturated carbocycles. The molecule has 1 aromatic heterocycles. The van der Waals surface area contributed by atoms with Crippen LogP contribution in [0, 0.1) is 0 Å². The van der Waals surface area contributed by atoms with Crippen molar-refractivity contribution in [2.45, 2.75) is 18.6 Å². The molecule has 0 N–H and O–H groups in total. The van der Waals surface area contributed by atoms with E-state index >= 15 is 0 Å². The third-order valence-corrected chi connectivity index (χ3v) is 4.23. The van der Waals surface area contributed by atoms with Gasteiger partial charge in [-0.25, -0.2) is 4.98 Å². The van der Waals surface area contributed by atoms with Gasteiger partial charge in [0.05, 0.1) is 6.10 Å². The van der Waals surface area contributed by atoms with E-state index in [9.17, 15) is 4.79 Å². The van der Waals surface area contributed by atoms with E-state index in [0.29, 0.717) is 18.3 Å². The number of methoxy groups -OCH3 is 1. The van der Waals surface area contributed by atoms with Crippen molar-refractivity contribution in [3.63, 3.8) is 0 Å². The molecule has 5 nitrogen and oxygen atoms in total. The van der Waals surface area contributed by atoms with E-state index in [1.54, 1.807) is 24.3 Å². The van der Waals surface area contributed by atoms with Crippen molar-refractivity contribution in [1.82, 2.24) is 14.8 Å². The first-order valence-corrected chi connectivity index (χ1v) is 7.40. The Morgan fingerprint density at radius 3 is 2.90 bits per heavy atom. The summed E-state index contributed by atoms with van der Waals surface area (Å²) in [5, 5.41) is 0. The number of rotatable bonds is 4. The quantitative estimate of drug-likeness (QED) is 0.835. The van der Waals surface area contributed by atoms with Crippen LogP contribution in [0.1, 0.15) is 16.9 Å². The van der Waals surface area contributed by atoms with Gasteiger partial charge in [-0.1, -0.05) is 0 Å². The average molecular weight is 342 g/mol. The normalized spacial score (nSPS) is 23.0. The summed E-state index contributed by atoms with van der Waals surface area (Å²) < 4.78 is 6.26. The minimum atomic E-state index is -0.0493.